The van der Waals surface area contributed by atoms with Crippen LogP contribution in [0.1, 0.15) is 52.4 Å². The minimum atomic E-state index is -0.163. The van der Waals surface area contributed by atoms with Gasteiger partial charge in [-0.15, -0.1) is 0 Å². The van der Waals surface area contributed by atoms with Crippen LogP contribution < -0.4 is 10.6 Å². The van der Waals surface area contributed by atoms with Crippen LogP contribution in [0.5, 0.6) is 0 Å². The van der Waals surface area contributed by atoms with Crippen LogP contribution in [-0.4, -0.2) is 75.5 Å². The lowest BCUT2D eigenvalue weighted by molar-refractivity contribution is -0.0828. The molecule has 2 rings (SSSR count). The summed E-state index contributed by atoms with van der Waals surface area (Å²) in [6.07, 6.45) is 6.81. The normalized spacial score (nSPS) is 22.8. The molecule has 6 heteroatoms. The summed E-state index contributed by atoms with van der Waals surface area (Å²) in [6, 6.07) is 0.517. The quantitative estimate of drug-likeness (QED) is 0.516. The standard InChI is InChI=1S/C19H38N4O2/c1-4-6-11-23-12-7-17(8-13-23)22-18(20-5-2)21-16-19(24-3)9-14-25-15-10-19/h17H,4-16H2,1-3H3,(H2,20,21,22). The number of hydrogen-bond acceptors (Lipinski definition) is 4. The van der Waals surface area contributed by atoms with Crippen molar-refractivity contribution in [2.24, 2.45) is 4.99 Å². The Morgan fingerprint density at radius 1 is 1.24 bits per heavy atom. The van der Waals surface area contributed by atoms with Crippen molar-refractivity contribution in [1.29, 1.82) is 0 Å². The Morgan fingerprint density at radius 3 is 2.56 bits per heavy atom. The second kappa shape index (κ2) is 11.0. The molecule has 2 heterocycles. The highest BCUT2D eigenvalue weighted by Crippen LogP contribution is 2.24. The molecular formula is C19H38N4O2. The maximum absolute atomic E-state index is 5.80. The Balaban J connectivity index is 1.83. The van der Waals surface area contributed by atoms with E-state index in [1.807, 2.05) is 0 Å². The molecule has 0 aliphatic carbocycles. The van der Waals surface area contributed by atoms with Gasteiger partial charge in [0.1, 0.15) is 0 Å². The molecule has 6 nitrogen and oxygen atoms in total. The van der Waals surface area contributed by atoms with Crippen LogP contribution in [0.3, 0.4) is 0 Å². The van der Waals surface area contributed by atoms with Gasteiger partial charge in [-0.25, -0.2) is 0 Å². The van der Waals surface area contributed by atoms with Crippen molar-refractivity contribution in [3.05, 3.63) is 0 Å². The lowest BCUT2D eigenvalue weighted by Crippen LogP contribution is -2.49. The third-order valence-electron chi connectivity index (χ3n) is 5.46. The van der Waals surface area contributed by atoms with Crippen molar-refractivity contribution in [2.45, 2.75) is 64.0 Å². The number of nitrogens with zero attached hydrogens (tertiary/aromatic N) is 2. The number of guanidine groups is 1. The highest BCUT2D eigenvalue weighted by atomic mass is 16.5. The second-order valence-electron chi connectivity index (χ2n) is 7.31. The molecule has 0 aromatic carbocycles. The Hall–Kier alpha value is -0.850. The average Bonchev–Trinajstić information content (AvgIpc) is 2.66. The predicted octanol–water partition coefficient (Wildman–Crippen LogP) is 2.00. The smallest absolute Gasteiger partial charge is 0.191 e. The molecule has 2 N–H and O–H groups in total. The molecule has 0 unspecified atom stereocenters. The fourth-order valence-corrected chi connectivity index (χ4v) is 3.59. The molecule has 0 radical (unpaired) electrons. The van der Waals surface area contributed by atoms with Gasteiger partial charge in [0.15, 0.2) is 5.96 Å². The molecule has 2 aliphatic heterocycles. The molecular weight excluding hydrogens is 316 g/mol. The summed E-state index contributed by atoms with van der Waals surface area (Å²) in [4.78, 5) is 7.43. The lowest BCUT2D eigenvalue weighted by atomic mass is 9.94. The largest absolute Gasteiger partial charge is 0.381 e. The summed E-state index contributed by atoms with van der Waals surface area (Å²) in [5, 5.41) is 7.03. The minimum absolute atomic E-state index is 0.163. The average molecular weight is 355 g/mol. The van der Waals surface area contributed by atoms with Crippen LogP contribution in [0.2, 0.25) is 0 Å². The molecule has 0 aromatic heterocycles. The van der Waals surface area contributed by atoms with E-state index in [0.717, 1.165) is 38.6 Å². The topological polar surface area (TPSA) is 58.1 Å². The third-order valence-corrected chi connectivity index (χ3v) is 5.46. The monoisotopic (exact) mass is 354 g/mol. The van der Waals surface area contributed by atoms with E-state index in [9.17, 15) is 0 Å². The first-order valence-electron chi connectivity index (χ1n) is 10.1. The number of likely N-dealkylation sites (tertiary alicyclic amines) is 1. The van der Waals surface area contributed by atoms with E-state index in [1.54, 1.807) is 7.11 Å². The van der Waals surface area contributed by atoms with E-state index < -0.39 is 0 Å². The molecule has 0 atom stereocenters. The lowest BCUT2D eigenvalue weighted by Gasteiger charge is -2.35. The van der Waals surface area contributed by atoms with Gasteiger partial charge in [-0.1, -0.05) is 13.3 Å². The van der Waals surface area contributed by atoms with Gasteiger partial charge in [0.25, 0.3) is 0 Å². The van der Waals surface area contributed by atoms with Crippen LogP contribution in [0.15, 0.2) is 4.99 Å². The molecule has 2 saturated heterocycles. The third kappa shape index (κ3) is 6.76. The number of rotatable bonds is 8. The Labute approximate surface area is 153 Å². The maximum atomic E-state index is 5.80. The Morgan fingerprint density at radius 2 is 1.96 bits per heavy atom. The van der Waals surface area contributed by atoms with E-state index >= 15 is 0 Å². The van der Waals surface area contributed by atoms with Crippen LogP contribution in [0.4, 0.5) is 0 Å². The van der Waals surface area contributed by atoms with Gasteiger partial charge in [-0.2, -0.15) is 0 Å². The van der Waals surface area contributed by atoms with Gasteiger partial charge < -0.3 is 25.0 Å². The first kappa shape index (κ1) is 20.5. The Kier molecular flexibility index (Phi) is 8.99. The van der Waals surface area contributed by atoms with E-state index in [2.05, 4.69) is 29.4 Å². The molecule has 25 heavy (non-hydrogen) atoms. The van der Waals surface area contributed by atoms with E-state index in [4.69, 9.17) is 14.5 Å². The highest BCUT2D eigenvalue weighted by Gasteiger charge is 2.32. The molecule has 0 spiro atoms. The predicted molar refractivity (Wildman–Crippen MR) is 103 cm³/mol. The number of aliphatic imine (C=N–C) groups is 1. The zero-order chi connectivity index (χ0) is 18.0. The maximum Gasteiger partial charge on any atom is 0.191 e. The fourth-order valence-electron chi connectivity index (χ4n) is 3.59. The van der Waals surface area contributed by atoms with E-state index in [1.165, 1.54) is 45.3 Å². The SMILES string of the molecule is CCCCN1CCC(NC(=NCC2(OC)CCOCC2)NCC)CC1. The van der Waals surface area contributed by atoms with Crippen molar-refractivity contribution in [1.82, 2.24) is 15.5 Å². The minimum Gasteiger partial charge on any atom is -0.381 e. The summed E-state index contributed by atoms with van der Waals surface area (Å²) in [6.45, 7) is 11.1. The van der Waals surface area contributed by atoms with Gasteiger partial charge in [0.05, 0.1) is 12.1 Å². The Bertz CT molecular complexity index is 389. The molecule has 2 fully saturated rings. The summed E-state index contributed by atoms with van der Waals surface area (Å²) >= 11 is 0. The van der Waals surface area contributed by atoms with Gasteiger partial charge in [0, 0.05) is 58.8 Å². The number of unbranched alkanes of at least 4 members (excludes halogenated alkanes) is 1. The van der Waals surface area contributed by atoms with Gasteiger partial charge >= 0.3 is 0 Å². The molecule has 2 aliphatic rings. The van der Waals surface area contributed by atoms with Gasteiger partial charge in [-0.3, -0.25) is 4.99 Å². The van der Waals surface area contributed by atoms with Crippen molar-refractivity contribution >= 4 is 5.96 Å². The van der Waals surface area contributed by atoms with Crippen molar-refractivity contribution < 1.29 is 9.47 Å². The van der Waals surface area contributed by atoms with Crippen molar-refractivity contribution in [3.8, 4) is 0 Å². The second-order valence-corrected chi connectivity index (χ2v) is 7.31. The number of hydrogen-bond donors (Lipinski definition) is 2. The summed E-state index contributed by atoms with van der Waals surface area (Å²) in [5.74, 6) is 0.928. The highest BCUT2D eigenvalue weighted by molar-refractivity contribution is 5.80. The first-order valence-corrected chi connectivity index (χ1v) is 10.1. The zero-order valence-corrected chi connectivity index (χ0v) is 16.5. The van der Waals surface area contributed by atoms with Crippen LogP contribution in [0.25, 0.3) is 0 Å². The summed E-state index contributed by atoms with van der Waals surface area (Å²) in [5.41, 5.74) is -0.163. The van der Waals surface area contributed by atoms with E-state index in [-0.39, 0.29) is 5.60 Å². The summed E-state index contributed by atoms with van der Waals surface area (Å²) < 4.78 is 11.3. The molecule has 146 valence electrons. The van der Waals surface area contributed by atoms with Gasteiger partial charge in [-0.05, 0) is 32.7 Å². The van der Waals surface area contributed by atoms with Gasteiger partial charge in [0.2, 0.25) is 0 Å². The number of ether oxygens (including phenoxy) is 2. The summed E-state index contributed by atoms with van der Waals surface area (Å²) in [7, 11) is 1.80. The van der Waals surface area contributed by atoms with Crippen LogP contribution >= 0.6 is 0 Å². The molecule has 0 saturated carbocycles. The number of nitrogens with one attached hydrogen (secondary N) is 2. The van der Waals surface area contributed by atoms with Crippen molar-refractivity contribution in [2.75, 3.05) is 53.0 Å². The van der Waals surface area contributed by atoms with E-state index in [0.29, 0.717) is 12.6 Å². The number of methoxy groups -OCH3 is 1. The van der Waals surface area contributed by atoms with Crippen LogP contribution in [0, 0.1) is 0 Å². The molecule has 0 amide bonds. The molecule has 0 bridgehead atoms. The van der Waals surface area contributed by atoms with Crippen molar-refractivity contribution in [3.63, 3.8) is 0 Å². The molecule has 0 aromatic rings. The van der Waals surface area contributed by atoms with Crippen LogP contribution in [-0.2, 0) is 9.47 Å². The number of piperidine rings is 1. The fraction of sp³-hybridized carbons (Fsp3) is 0.947. The zero-order valence-electron chi connectivity index (χ0n) is 16.5. The first-order chi connectivity index (χ1) is 12.2.